The van der Waals surface area contributed by atoms with Gasteiger partial charge in [0.2, 0.25) is 0 Å². The van der Waals surface area contributed by atoms with Gasteiger partial charge in [0.25, 0.3) is 0 Å². The van der Waals surface area contributed by atoms with Crippen molar-refractivity contribution < 1.29 is 0 Å². The normalized spacial score (nSPS) is 14.4. The van der Waals surface area contributed by atoms with Gasteiger partial charge in [-0.15, -0.1) is 0 Å². The van der Waals surface area contributed by atoms with Gasteiger partial charge in [-0.25, -0.2) is 0 Å². The van der Waals surface area contributed by atoms with Crippen molar-refractivity contribution in [3.63, 3.8) is 0 Å². The minimum atomic E-state index is 0.344. The Morgan fingerprint density at radius 1 is 1.00 bits per heavy atom. The standard InChI is InChI=1S/C14H29N/c1-7-13(3,4)10-9-12(15)11-14(5,6)8-2/h9H,7-8,10-11,15H2,1-6H3/b12-9-. The van der Waals surface area contributed by atoms with E-state index in [2.05, 4.69) is 47.6 Å². The average Bonchev–Trinajstić information content (AvgIpc) is 2.15. The highest BCUT2D eigenvalue weighted by Gasteiger charge is 2.17. The molecule has 90 valence electrons. The first-order valence-electron chi connectivity index (χ1n) is 6.17. The van der Waals surface area contributed by atoms with Crippen LogP contribution >= 0.6 is 0 Å². The van der Waals surface area contributed by atoms with Gasteiger partial charge in [-0.05, 0) is 23.7 Å². The summed E-state index contributed by atoms with van der Waals surface area (Å²) in [6.45, 7) is 13.6. The van der Waals surface area contributed by atoms with Crippen LogP contribution in [0, 0.1) is 10.8 Å². The van der Waals surface area contributed by atoms with Gasteiger partial charge in [0, 0.05) is 5.70 Å². The molecule has 0 spiro atoms. The molecule has 1 nitrogen and oxygen atoms in total. The highest BCUT2D eigenvalue weighted by atomic mass is 14.6. The first-order chi connectivity index (χ1) is 6.72. The van der Waals surface area contributed by atoms with Crippen molar-refractivity contribution in [1.82, 2.24) is 0 Å². The average molecular weight is 211 g/mol. The summed E-state index contributed by atoms with van der Waals surface area (Å²) in [4.78, 5) is 0. The fraction of sp³-hybridized carbons (Fsp3) is 0.857. The lowest BCUT2D eigenvalue weighted by Crippen LogP contribution is -2.15. The van der Waals surface area contributed by atoms with Gasteiger partial charge in [0.15, 0.2) is 0 Å². The number of rotatable bonds is 6. The predicted molar refractivity (Wildman–Crippen MR) is 69.6 cm³/mol. The van der Waals surface area contributed by atoms with Gasteiger partial charge in [-0.1, -0.05) is 60.5 Å². The second-order valence-electron chi connectivity index (χ2n) is 6.20. The first-order valence-corrected chi connectivity index (χ1v) is 6.17. The van der Waals surface area contributed by atoms with Crippen LogP contribution in [0.4, 0.5) is 0 Å². The minimum absolute atomic E-state index is 0.344. The molecule has 15 heavy (non-hydrogen) atoms. The number of nitrogens with two attached hydrogens (primary N) is 1. The van der Waals surface area contributed by atoms with Crippen LogP contribution in [-0.2, 0) is 0 Å². The van der Waals surface area contributed by atoms with Crippen LogP contribution < -0.4 is 5.73 Å². The van der Waals surface area contributed by atoms with Gasteiger partial charge in [0.05, 0.1) is 0 Å². The third kappa shape index (κ3) is 6.59. The van der Waals surface area contributed by atoms with E-state index in [1.165, 1.54) is 12.8 Å². The van der Waals surface area contributed by atoms with Gasteiger partial charge >= 0.3 is 0 Å². The second-order valence-corrected chi connectivity index (χ2v) is 6.20. The van der Waals surface area contributed by atoms with Crippen LogP contribution in [0.3, 0.4) is 0 Å². The molecule has 0 aromatic heterocycles. The maximum absolute atomic E-state index is 6.06. The molecule has 0 aromatic carbocycles. The van der Waals surface area contributed by atoms with Gasteiger partial charge < -0.3 is 5.73 Å². The molecular weight excluding hydrogens is 182 g/mol. The molecule has 0 fully saturated rings. The van der Waals surface area contributed by atoms with E-state index in [0.717, 1.165) is 18.5 Å². The molecule has 0 saturated heterocycles. The highest BCUT2D eigenvalue weighted by molar-refractivity contribution is 5.01. The molecule has 1 heteroatoms. The summed E-state index contributed by atoms with van der Waals surface area (Å²) in [6.07, 6.45) is 6.71. The van der Waals surface area contributed by atoms with Gasteiger partial charge in [-0.3, -0.25) is 0 Å². The molecule has 0 saturated carbocycles. The Hall–Kier alpha value is -0.460. The van der Waals surface area contributed by atoms with E-state index in [0.29, 0.717) is 10.8 Å². The topological polar surface area (TPSA) is 26.0 Å². The lowest BCUT2D eigenvalue weighted by molar-refractivity contribution is 0.338. The molecule has 0 radical (unpaired) electrons. The molecular formula is C14H29N. The molecule has 0 aromatic rings. The third-order valence-electron chi connectivity index (χ3n) is 3.51. The van der Waals surface area contributed by atoms with Crippen LogP contribution in [0.2, 0.25) is 0 Å². The lowest BCUT2D eigenvalue weighted by Gasteiger charge is -2.24. The van der Waals surface area contributed by atoms with Crippen molar-refractivity contribution in [2.75, 3.05) is 0 Å². The maximum Gasteiger partial charge on any atom is 0.00455 e. The van der Waals surface area contributed by atoms with Crippen LogP contribution in [-0.4, -0.2) is 0 Å². The van der Waals surface area contributed by atoms with E-state index in [9.17, 15) is 0 Å². The Balaban J connectivity index is 4.22. The summed E-state index contributed by atoms with van der Waals surface area (Å²) in [5, 5.41) is 0. The van der Waals surface area contributed by atoms with E-state index in [4.69, 9.17) is 5.73 Å². The van der Waals surface area contributed by atoms with Crippen LogP contribution in [0.15, 0.2) is 11.8 Å². The number of hydrogen-bond acceptors (Lipinski definition) is 1. The summed E-state index contributed by atoms with van der Waals surface area (Å²) in [5.74, 6) is 0. The Morgan fingerprint density at radius 3 is 1.87 bits per heavy atom. The quantitative estimate of drug-likeness (QED) is 0.688. The summed E-state index contributed by atoms with van der Waals surface area (Å²) in [6, 6.07) is 0. The second kappa shape index (κ2) is 5.58. The van der Waals surface area contributed by atoms with Crippen molar-refractivity contribution in [3.8, 4) is 0 Å². The largest absolute Gasteiger partial charge is 0.402 e. The minimum Gasteiger partial charge on any atom is -0.402 e. The molecule has 0 bridgehead atoms. The van der Waals surface area contributed by atoms with Crippen molar-refractivity contribution in [1.29, 1.82) is 0 Å². The van der Waals surface area contributed by atoms with E-state index in [-0.39, 0.29) is 0 Å². The molecule has 0 heterocycles. The Labute approximate surface area is 96.1 Å². The summed E-state index contributed by atoms with van der Waals surface area (Å²) >= 11 is 0. The Bertz CT molecular complexity index is 211. The molecule has 0 unspecified atom stereocenters. The molecule has 0 rings (SSSR count). The van der Waals surface area contributed by atoms with Crippen LogP contribution in [0.5, 0.6) is 0 Å². The van der Waals surface area contributed by atoms with Crippen LogP contribution in [0.25, 0.3) is 0 Å². The van der Waals surface area contributed by atoms with E-state index in [1.54, 1.807) is 0 Å². The third-order valence-corrected chi connectivity index (χ3v) is 3.51. The Morgan fingerprint density at radius 2 is 1.47 bits per heavy atom. The lowest BCUT2D eigenvalue weighted by atomic mass is 9.83. The van der Waals surface area contributed by atoms with Gasteiger partial charge in [0.1, 0.15) is 0 Å². The maximum atomic E-state index is 6.06. The summed E-state index contributed by atoms with van der Waals surface area (Å²) in [7, 11) is 0. The van der Waals surface area contributed by atoms with Crippen molar-refractivity contribution >= 4 is 0 Å². The fourth-order valence-corrected chi connectivity index (χ4v) is 1.30. The van der Waals surface area contributed by atoms with Gasteiger partial charge in [-0.2, -0.15) is 0 Å². The van der Waals surface area contributed by atoms with E-state index in [1.807, 2.05) is 0 Å². The smallest absolute Gasteiger partial charge is 0.00455 e. The SMILES string of the molecule is CCC(C)(C)C/C=C(\N)CC(C)(C)CC. The van der Waals surface area contributed by atoms with Crippen molar-refractivity contribution in [2.45, 2.75) is 67.2 Å². The Kier molecular flexibility index (Phi) is 5.41. The zero-order valence-electron chi connectivity index (χ0n) is 11.5. The van der Waals surface area contributed by atoms with E-state index < -0.39 is 0 Å². The zero-order chi connectivity index (χ0) is 12.1. The molecule has 0 amide bonds. The molecule has 0 aliphatic heterocycles. The zero-order valence-corrected chi connectivity index (χ0v) is 11.5. The fourth-order valence-electron chi connectivity index (χ4n) is 1.30. The molecule has 2 N–H and O–H groups in total. The number of hydrogen-bond donors (Lipinski definition) is 1. The monoisotopic (exact) mass is 211 g/mol. The first kappa shape index (κ1) is 14.5. The van der Waals surface area contributed by atoms with Crippen molar-refractivity contribution in [3.05, 3.63) is 11.8 Å². The summed E-state index contributed by atoms with van der Waals surface area (Å²) in [5.41, 5.74) is 7.85. The highest BCUT2D eigenvalue weighted by Crippen LogP contribution is 2.29. The van der Waals surface area contributed by atoms with Crippen LogP contribution in [0.1, 0.15) is 67.2 Å². The number of allylic oxidation sites excluding steroid dienone is 2. The van der Waals surface area contributed by atoms with E-state index >= 15 is 0 Å². The molecule has 0 aliphatic carbocycles. The summed E-state index contributed by atoms with van der Waals surface area (Å²) < 4.78 is 0. The van der Waals surface area contributed by atoms with Crippen molar-refractivity contribution in [2.24, 2.45) is 16.6 Å². The molecule has 0 atom stereocenters. The molecule has 0 aliphatic rings. The predicted octanol–water partition coefficient (Wildman–Crippen LogP) is 4.48.